The van der Waals surface area contributed by atoms with Crippen molar-refractivity contribution in [3.05, 3.63) is 45.2 Å². The molecule has 1 heterocycles. The standard InChI is InChI=1S/C14H15Cl2N3O/c1-14(2,3)13-12(8-20)17-18-19(13)7-9-4-5-10(15)6-11(9)16/h4-6,8H,7H2,1-3H3. The molecule has 0 aliphatic heterocycles. The lowest BCUT2D eigenvalue weighted by atomic mass is 9.90. The topological polar surface area (TPSA) is 47.8 Å². The zero-order valence-corrected chi connectivity index (χ0v) is 13.0. The van der Waals surface area contributed by atoms with Crippen LogP contribution in [0.3, 0.4) is 0 Å². The second-order valence-corrected chi connectivity index (χ2v) is 6.43. The van der Waals surface area contributed by atoms with Crippen LogP contribution in [-0.2, 0) is 12.0 Å². The Morgan fingerprint density at radius 3 is 2.55 bits per heavy atom. The fourth-order valence-corrected chi connectivity index (χ4v) is 2.57. The molecule has 0 saturated heterocycles. The van der Waals surface area contributed by atoms with Crippen molar-refractivity contribution in [1.82, 2.24) is 15.0 Å². The van der Waals surface area contributed by atoms with Crippen molar-refractivity contribution in [2.45, 2.75) is 32.7 Å². The van der Waals surface area contributed by atoms with Gasteiger partial charge in [-0.25, -0.2) is 4.68 Å². The van der Waals surface area contributed by atoms with E-state index in [1.165, 1.54) is 0 Å². The molecule has 0 unspecified atom stereocenters. The SMILES string of the molecule is CC(C)(C)c1c(C=O)nnn1Cc1ccc(Cl)cc1Cl. The summed E-state index contributed by atoms with van der Waals surface area (Å²) in [4.78, 5) is 11.1. The largest absolute Gasteiger partial charge is 0.296 e. The summed E-state index contributed by atoms with van der Waals surface area (Å²) in [6.07, 6.45) is 0.730. The van der Waals surface area contributed by atoms with Gasteiger partial charge in [0.1, 0.15) is 5.69 Å². The number of nitrogens with zero attached hydrogens (tertiary/aromatic N) is 3. The monoisotopic (exact) mass is 311 g/mol. The van der Waals surface area contributed by atoms with Crippen LogP contribution in [0.2, 0.25) is 10.0 Å². The number of aromatic nitrogens is 3. The maximum absolute atomic E-state index is 11.1. The van der Waals surface area contributed by atoms with E-state index in [0.717, 1.165) is 17.5 Å². The van der Waals surface area contributed by atoms with Crippen LogP contribution in [0.15, 0.2) is 18.2 Å². The number of halogens is 2. The van der Waals surface area contributed by atoms with Crippen molar-refractivity contribution in [2.75, 3.05) is 0 Å². The summed E-state index contributed by atoms with van der Waals surface area (Å²) in [6.45, 7) is 6.49. The minimum Gasteiger partial charge on any atom is -0.296 e. The van der Waals surface area contributed by atoms with Crippen molar-refractivity contribution < 1.29 is 4.79 Å². The van der Waals surface area contributed by atoms with Crippen molar-refractivity contribution in [3.63, 3.8) is 0 Å². The second-order valence-electron chi connectivity index (χ2n) is 5.58. The van der Waals surface area contributed by atoms with E-state index in [1.807, 2.05) is 26.8 Å². The van der Waals surface area contributed by atoms with Gasteiger partial charge in [-0.15, -0.1) is 5.10 Å². The summed E-state index contributed by atoms with van der Waals surface area (Å²) in [5.74, 6) is 0. The number of carbonyl (C=O) groups is 1. The first-order valence-corrected chi connectivity index (χ1v) is 6.91. The normalized spacial score (nSPS) is 11.7. The molecule has 20 heavy (non-hydrogen) atoms. The minimum atomic E-state index is -0.237. The highest BCUT2D eigenvalue weighted by molar-refractivity contribution is 6.35. The zero-order valence-electron chi connectivity index (χ0n) is 11.5. The zero-order chi connectivity index (χ0) is 14.9. The predicted octanol–water partition coefficient (Wildman–Crippen LogP) is 3.74. The predicted molar refractivity (Wildman–Crippen MR) is 79.7 cm³/mol. The third-order valence-electron chi connectivity index (χ3n) is 2.92. The Morgan fingerprint density at radius 2 is 2.00 bits per heavy atom. The van der Waals surface area contributed by atoms with Gasteiger partial charge in [0.2, 0.25) is 0 Å². The Bertz CT molecular complexity index is 644. The quantitative estimate of drug-likeness (QED) is 0.811. The Morgan fingerprint density at radius 1 is 1.30 bits per heavy atom. The molecule has 0 bridgehead atoms. The average molecular weight is 312 g/mol. The molecule has 2 rings (SSSR count). The Labute approximate surface area is 127 Å². The van der Waals surface area contributed by atoms with Gasteiger partial charge in [-0.2, -0.15) is 0 Å². The fraction of sp³-hybridized carbons (Fsp3) is 0.357. The number of rotatable bonds is 3. The van der Waals surface area contributed by atoms with Gasteiger partial charge < -0.3 is 0 Å². The fourth-order valence-electron chi connectivity index (χ4n) is 2.10. The number of carbonyl (C=O) groups excluding carboxylic acids is 1. The van der Waals surface area contributed by atoms with Crippen molar-refractivity contribution in [1.29, 1.82) is 0 Å². The summed E-state index contributed by atoms with van der Waals surface area (Å²) in [5.41, 5.74) is 1.79. The van der Waals surface area contributed by atoms with E-state index in [2.05, 4.69) is 10.3 Å². The van der Waals surface area contributed by atoms with E-state index in [1.54, 1.807) is 16.8 Å². The Kier molecular flexibility index (Phi) is 4.16. The minimum absolute atomic E-state index is 0.237. The molecular weight excluding hydrogens is 297 g/mol. The molecule has 0 fully saturated rings. The molecule has 1 aromatic heterocycles. The first-order chi connectivity index (χ1) is 9.32. The smallest absolute Gasteiger partial charge is 0.172 e. The molecule has 0 aliphatic rings. The van der Waals surface area contributed by atoms with Crippen molar-refractivity contribution >= 4 is 29.5 Å². The molecule has 106 valence electrons. The molecule has 6 heteroatoms. The highest BCUT2D eigenvalue weighted by Gasteiger charge is 2.25. The molecule has 0 atom stereocenters. The molecular formula is C14H15Cl2N3O. The molecule has 1 aromatic carbocycles. The van der Waals surface area contributed by atoms with Crippen LogP contribution >= 0.6 is 23.2 Å². The van der Waals surface area contributed by atoms with Crippen LogP contribution in [0.5, 0.6) is 0 Å². The third-order valence-corrected chi connectivity index (χ3v) is 3.51. The maximum Gasteiger partial charge on any atom is 0.172 e. The molecule has 0 N–H and O–H groups in total. The van der Waals surface area contributed by atoms with E-state index in [0.29, 0.717) is 22.3 Å². The number of aldehydes is 1. The van der Waals surface area contributed by atoms with Crippen LogP contribution in [-0.4, -0.2) is 21.3 Å². The van der Waals surface area contributed by atoms with Crippen LogP contribution in [0, 0.1) is 0 Å². The molecule has 0 amide bonds. The van der Waals surface area contributed by atoms with Gasteiger partial charge in [0.25, 0.3) is 0 Å². The molecule has 2 aromatic rings. The molecule has 0 radical (unpaired) electrons. The first-order valence-electron chi connectivity index (χ1n) is 6.16. The lowest BCUT2D eigenvalue weighted by Crippen LogP contribution is -2.20. The van der Waals surface area contributed by atoms with Gasteiger partial charge in [0.05, 0.1) is 12.2 Å². The molecule has 0 spiro atoms. The van der Waals surface area contributed by atoms with Gasteiger partial charge in [-0.1, -0.05) is 55.3 Å². The number of hydrogen-bond donors (Lipinski definition) is 0. The lowest BCUT2D eigenvalue weighted by molar-refractivity contribution is 0.111. The summed E-state index contributed by atoms with van der Waals surface area (Å²) < 4.78 is 1.71. The van der Waals surface area contributed by atoms with E-state index >= 15 is 0 Å². The number of hydrogen-bond acceptors (Lipinski definition) is 3. The lowest BCUT2D eigenvalue weighted by Gasteiger charge is -2.20. The van der Waals surface area contributed by atoms with Crippen LogP contribution in [0.4, 0.5) is 0 Å². The van der Waals surface area contributed by atoms with E-state index < -0.39 is 0 Å². The van der Waals surface area contributed by atoms with Gasteiger partial charge >= 0.3 is 0 Å². The maximum atomic E-state index is 11.1. The van der Waals surface area contributed by atoms with E-state index in [9.17, 15) is 4.79 Å². The van der Waals surface area contributed by atoms with Crippen LogP contribution in [0.25, 0.3) is 0 Å². The van der Waals surface area contributed by atoms with Gasteiger partial charge in [0.15, 0.2) is 6.29 Å². The Balaban J connectivity index is 2.44. The number of benzene rings is 1. The first kappa shape index (κ1) is 15.0. The molecule has 4 nitrogen and oxygen atoms in total. The highest BCUT2D eigenvalue weighted by atomic mass is 35.5. The second kappa shape index (κ2) is 5.54. The van der Waals surface area contributed by atoms with Crippen molar-refractivity contribution in [2.24, 2.45) is 0 Å². The van der Waals surface area contributed by atoms with E-state index in [-0.39, 0.29) is 5.41 Å². The van der Waals surface area contributed by atoms with Gasteiger partial charge in [0, 0.05) is 15.5 Å². The van der Waals surface area contributed by atoms with Crippen LogP contribution in [0.1, 0.15) is 42.5 Å². The third kappa shape index (κ3) is 3.02. The van der Waals surface area contributed by atoms with E-state index in [4.69, 9.17) is 23.2 Å². The summed E-state index contributed by atoms with van der Waals surface area (Å²) in [5, 5.41) is 9.13. The average Bonchev–Trinajstić information content (AvgIpc) is 2.75. The van der Waals surface area contributed by atoms with Gasteiger partial charge in [-0.05, 0) is 17.7 Å². The highest BCUT2D eigenvalue weighted by Crippen LogP contribution is 2.26. The summed E-state index contributed by atoms with van der Waals surface area (Å²) >= 11 is 12.1. The summed E-state index contributed by atoms with van der Waals surface area (Å²) in [7, 11) is 0. The molecule has 0 aliphatic carbocycles. The molecule has 0 saturated carbocycles. The van der Waals surface area contributed by atoms with Crippen molar-refractivity contribution in [3.8, 4) is 0 Å². The van der Waals surface area contributed by atoms with Crippen LogP contribution < -0.4 is 0 Å². The Hall–Kier alpha value is -1.39. The summed E-state index contributed by atoms with van der Waals surface area (Å²) in [6, 6.07) is 5.31. The van der Waals surface area contributed by atoms with Gasteiger partial charge in [-0.3, -0.25) is 4.79 Å².